The van der Waals surface area contributed by atoms with Gasteiger partial charge in [-0.05, 0) is 43.3 Å². The van der Waals surface area contributed by atoms with E-state index in [1.807, 2.05) is 66.1 Å². The lowest BCUT2D eigenvalue weighted by molar-refractivity contribution is -0.113. The highest BCUT2D eigenvalue weighted by Crippen LogP contribution is 2.24. The van der Waals surface area contributed by atoms with Gasteiger partial charge in [0.25, 0.3) is 0 Å². The summed E-state index contributed by atoms with van der Waals surface area (Å²) in [6.45, 7) is 2.42. The van der Waals surface area contributed by atoms with Gasteiger partial charge in [0.05, 0.1) is 19.4 Å². The molecule has 0 unspecified atom stereocenters. The van der Waals surface area contributed by atoms with Crippen LogP contribution in [0.3, 0.4) is 0 Å². The molecule has 1 amide bonds. The van der Waals surface area contributed by atoms with Crippen molar-refractivity contribution in [3.8, 4) is 11.4 Å². The summed E-state index contributed by atoms with van der Waals surface area (Å²) in [5, 5.41) is 16.1. The molecule has 0 atom stereocenters. The summed E-state index contributed by atoms with van der Waals surface area (Å²) in [6, 6.07) is 17.5. The van der Waals surface area contributed by atoms with Gasteiger partial charge < -0.3 is 15.4 Å². The lowest BCUT2D eigenvalue weighted by Crippen LogP contribution is -2.14. The number of hydrogen-bond donors (Lipinski definition) is 2. The first-order chi connectivity index (χ1) is 15.6. The zero-order valence-electron chi connectivity index (χ0n) is 17.6. The van der Waals surface area contributed by atoms with Crippen LogP contribution in [0.25, 0.3) is 5.69 Å². The van der Waals surface area contributed by atoms with Crippen molar-refractivity contribution >= 4 is 39.8 Å². The maximum atomic E-state index is 12.4. The number of rotatable bonds is 9. The van der Waals surface area contributed by atoms with E-state index in [9.17, 15) is 4.79 Å². The van der Waals surface area contributed by atoms with Crippen molar-refractivity contribution in [2.75, 3.05) is 23.5 Å². The van der Waals surface area contributed by atoms with Gasteiger partial charge >= 0.3 is 0 Å². The predicted octanol–water partition coefficient (Wildman–Crippen LogP) is 4.38. The molecule has 0 saturated carbocycles. The zero-order chi connectivity index (χ0) is 22.3. The minimum Gasteiger partial charge on any atom is -0.497 e. The number of aryl methyl sites for hydroxylation is 1. The van der Waals surface area contributed by atoms with E-state index in [1.54, 1.807) is 13.3 Å². The molecule has 8 nitrogen and oxygen atoms in total. The lowest BCUT2D eigenvalue weighted by Gasteiger charge is -2.11. The Morgan fingerprint density at radius 1 is 1.12 bits per heavy atom. The Morgan fingerprint density at radius 3 is 2.59 bits per heavy atom. The van der Waals surface area contributed by atoms with Crippen LogP contribution in [-0.2, 0) is 11.3 Å². The molecule has 4 rings (SSSR count). The van der Waals surface area contributed by atoms with E-state index in [0.29, 0.717) is 16.8 Å². The molecule has 0 fully saturated rings. The Balaban J connectivity index is 1.48. The zero-order valence-corrected chi connectivity index (χ0v) is 19.2. The number of anilines is 2. The number of hydrogen-bond acceptors (Lipinski definition) is 8. The second-order valence-corrected chi connectivity index (χ2v) is 8.94. The summed E-state index contributed by atoms with van der Waals surface area (Å²) in [5.74, 6) is 1.61. The summed E-state index contributed by atoms with van der Waals surface area (Å²) >= 11 is 2.78. The Bertz CT molecular complexity index is 1170. The van der Waals surface area contributed by atoms with Gasteiger partial charge in [0.1, 0.15) is 5.75 Å². The van der Waals surface area contributed by atoms with Gasteiger partial charge in [-0.3, -0.25) is 9.36 Å². The predicted molar refractivity (Wildman–Crippen MR) is 128 cm³/mol. The van der Waals surface area contributed by atoms with Crippen molar-refractivity contribution in [2.45, 2.75) is 18.6 Å². The molecule has 0 spiro atoms. The van der Waals surface area contributed by atoms with Crippen molar-refractivity contribution in [1.29, 1.82) is 0 Å². The number of methoxy groups -OCH3 is 1. The van der Waals surface area contributed by atoms with Crippen LogP contribution in [0.5, 0.6) is 5.75 Å². The van der Waals surface area contributed by atoms with Gasteiger partial charge in [-0.2, -0.15) is 0 Å². The lowest BCUT2D eigenvalue weighted by atomic mass is 10.3. The van der Waals surface area contributed by atoms with E-state index in [1.165, 1.54) is 23.1 Å². The van der Waals surface area contributed by atoms with Crippen LogP contribution in [0, 0.1) is 6.92 Å². The molecule has 10 heteroatoms. The van der Waals surface area contributed by atoms with Crippen molar-refractivity contribution in [2.24, 2.45) is 0 Å². The minimum atomic E-state index is -0.134. The summed E-state index contributed by atoms with van der Waals surface area (Å²) < 4.78 is 7.16. The van der Waals surface area contributed by atoms with Crippen LogP contribution < -0.4 is 15.4 Å². The first-order valence-electron chi connectivity index (χ1n) is 9.85. The number of ether oxygens (including phenoxy) is 1. The fourth-order valence-electron chi connectivity index (χ4n) is 2.93. The fraction of sp³-hybridized carbons (Fsp3) is 0.182. The normalized spacial score (nSPS) is 10.7. The molecule has 0 bridgehead atoms. The van der Waals surface area contributed by atoms with Crippen molar-refractivity contribution in [1.82, 2.24) is 19.7 Å². The first kappa shape index (κ1) is 21.8. The van der Waals surface area contributed by atoms with Crippen LogP contribution in [0.1, 0.15) is 10.7 Å². The number of thiazole rings is 1. The second-order valence-electron chi connectivity index (χ2n) is 6.76. The number of thioether (sulfide) groups is 1. The van der Waals surface area contributed by atoms with Gasteiger partial charge in [-0.15, -0.1) is 21.5 Å². The van der Waals surface area contributed by atoms with Crippen molar-refractivity contribution in [3.05, 3.63) is 71.5 Å². The molecule has 2 heterocycles. The average Bonchev–Trinajstić information content (AvgIpc) is 3.42. The van der Waals surface area contributed by atoms with Crippen molar-refractivity contribution in [3.63, 3.8) is 0 Å². The van der Waals surface area contributed by atoms with Gasteiger partial charge in [0.2, 0.25) is 5.91 Å². The highest BCUT2D eigenvalue weighted by molar-refractivity contribution is 7.99. The second kappa shape index (κ2) is 10.3. The third-order valence-electron chi connectivity index (χ3n) is 4.46. The highest BCUT2D eigenvalue weighted by atomic mass is 32.2. The molecule has 4 aromatic rings. The molecule has 0 aliphatic rings. The van der Waals surface area contributed by atoms with Crippen LogP contribution in [0.15, 0.2) is 66.0 Å². The third-order valence-corrected chi connectivity index (χ3v) is 6.21. The molecule has 164 valence electrons. The van der Waals surface area contributed by atoms with E-state index in [-0.39, 0.29) is 11.7 Å². The summed E-state index contributed by atoms with van der Waals surface area (Å²) in [5.41, 5.74) is 1.88. The SMILES string of the molecule is COc1ccc(NCc2nnc(SCC(=O)Nc3ncc(C)s3)n2-c2ccccc2)cc1. The van der Waals surface area contributed by atoms with Crippen LogP contribution in [0.4, 0.5) is 10.8 Å². The molecule has 0 radical (unpaired) electrons. The number of para-hydroxylation sites is 1. The number of carbonyl (C=O) groups excluding carboxylic acids is 1. The molecular formula is C22H22N6O2S2. The van der Waals surface area contributed by atoms with Crippen LogP contribution >= 0.6 is 23.1 Å². The maximum absolute atomic E-state index is 12.4. The number of amides is 1. The Hall–Kier alpha value is -3.37. The number of nitrogens with zero attached hydrogens (tertiary/aromatic N) is 4. The molecule has 0 aliphatic heterocycles. The molecule has 2 aromatic carbocycles. The van der Waals surface area contributed by atoms with Gasteiger partial charge in [0, 0.05) is 22.4 Å². The van der Waals surface area contributed by atoms with Gasteiger partial charge in [-0.25, -0.2) is 4.98 Å². The van der Waals surface area contributed by atoms with Crippen LogP contribution in [-0.4, -0.2) is 38.5 Å². The van der Waals surface area contributed by atoms with Gasteiger partial charge in [-0.1, -0.05) is 30.0 Å². The molecule has 2 aromatic heterocycles. The average molecular weight is 467 g/mol. The smallest absolute Gasteiger partial charge is 0.236 e. The largest absolute Gasteiger partial charge is 0.497 e. The summed E-state index contributed by atoms with van der Waals surface area (Å²) in [4.78, 5) is 17.6. The molecule has 2 N–H and O–H groups in total. The molecular weight excluding hydrogens is 444 g/mol. The number of nitrogens with one attached hydrogen (secondary N) is 2. The van der Waals surface area contributed by atoms with E-state index in [2.05, 4.69) is 25.8 Å². The van der Waals surface area contributed by atoms with E-state index in [0.717, 1.165) is 27.8 Å². The van der Waals surface area contributed by atoms with E-state index >= 15 is 0 Å². The van der Waals surface area contributed by atoms with E-state index < -0.39 is 0 Å². The molecule has 32 heavy (non-hydrogen) atoms. The summed E-state index contributed by atoms with van der Waals surface area (Å²) in [6.07, 6.45) is 1.74. The first-order valence-corrected chi connectivity index (χ1v) is 11.7. The Kier molecular flexibility index (Phi) is 7.03. The Morgan fingerprint density at radius 2 is 1.91 bits per heavy atom. The quantitative estimate of drug-likeness (QED) is 0.354. The minimum absolute atomic E-state index is 0.134. The van der Waals surface area contributed by atoms with Gasteiger partial charge in [0.15, 0.2) is 16.1 Å². The maximum Gasteiger partial charge on any atom is 0.236 e. The Labute approximate surface area is 194 Å². The van der Waals surface area contributed by atoms with Crippen molar-refractivity contribution < 1.29 is 9.53 Å². The van der Waals surface area contributed by atoms with E-state index in [4.69, 9.17) is 4.74 Å². The third kappa shape index (κ3) is 5.45. The monoisotopic (exact) mass is 466 g/mol. The molecule has 0 saturated heterocycles. The van der Waals surface area contributed by atoms with Crippen LogP contribution in [0.2, 0.25) is 0 Å². The number of benzene rings is 2. The standard InChI is InChI=1S/C22H22N6O2S2/c1-15-12-24-21(32-15)25-20(29)14-31-22-27-26-19(28(22)17-6-4-3-5-7-17)13-23-16-8-10-18(30-2)11-9-16/h3-12,23H,13-14H2,1-2H3,(H,24,25,29). The summed E-state index contributed by atoms with van der Waals surface area (Å²) in [7, 11) is 1.64. The molecule has 0 aliphatic carbocycles. The highest BCUT2D eigenvalue weighted by Gasteiger charge is 2.16. The topological polar surface area (TPSA) is 94.0 Å². The number of aromatic nitrogens is 4. The fourth-order valence-corrected chi connectivity index (χ4v) is 4.38. The number of carbonyl (C=O) groups is 1.